The lowest BCUT2D eigenvalue weighted by Crippen LogP contribution is -2.55. The van der Waals surface area contributed by atoms with Crippen molar-refractivity contribution in [3.05, 3.63) is 118 Å². The molecule has 0 radical (unpaired) electrons. The standard InChI is InChI=1S/C39H40F6N2O2/c1-3-5-7-27-9-15-33(16-10-27)46-23-29-21-31(13-19-35(29)48-25-46)37(38(40,41)42,39(43,44)45)32-14-20-36-30(22-32)24-47(26-49-36)34-17-11-28(12-18-34)8-6-4-2/h9-22H,3-8,23-26H2,1-2H3. The molecule has 0 unspecified atom stereocenters. The number of fused-ring (bicyclic) bond motifs is 2. The molecule has 0 spiro atoms. The van der Waals surface area contributed by atoms with Gasteiger partial charge in [-0.2, -0.15) is 26.3 Å². The van der Waals surface area contributed by atoms with E-state index < -0.39 is 28.9 Å². The Morgan fingerprint density at radius 3 is 1.29 bits per heavy atom. The van der Waals surface area contributed by atoms with E-state index in [0.717, 1.165) is 85.3 Å². The second-order valence-electron chi connectivity index (χ2n) is 12.9. The molecule has 6 rings (SSSR count). The van der Waals surface area contributed by atoms with Gasteiger partial charge in [-0.1, -0.05) is 63.1 Å². The first-order valence-electron chi connectivity index (χ1n) is 16.8. The quantitative estimate of drug-likeness (QED) is 0.156. The zero-order valence-electron chi connectivity index (χ0n) is 27.6. The molecule has 0 saturated heterocycles. The molecule has 10 heteroatoms. The number of rotatable bonds is 10. The molecule has 2 aliphatic rings. The largest absolute Gasteiger partial charge is 0.473 e. The molecular weight excluding hydrogens is 642 g/mol. The van der Waals surface area contributed by atoms with Gasteiger partial charge in [-0.15, -0.1) is 0 Å². The molecule has 2 aliphatic heterocycles. The van der Waals surface area contributed by atoms with Gasteiger partial charge in [0.1, 0.15) is 11.5 Å². The minimum absolute atomic E-state index is 0.0908. The van der Waals surface area contributed by atoms with Crippen molar-refractivity contribution in [3.63, 3.8) is 0 Å². The zero-order valence-corrected chi connectivity index (χ0v) is 27.6. The van der Waals surface area contributed by atoms with Crippen LogP contribution in [0.1, 0.15) is 72.9 Å². The summed E-state index contributed by atoms with van der Waals surface area (Å²) >= 11 is 0. The van der Waals surface area contributed by atoms with Gasteiger partial charge in [0.15, 0.2) is 13.5 Å². The molecule has 0 bridgehead atoms. The number of hydrogen-bond donors (Lipinski definition) is 0. The summed E-state index contributed by atoms with van der Waals surface area (Å²) < 4.78 is 103. The highest BCUT2D eigenvalue weighted by atomic mass is 19.4. The fourth-order valence-corrected chi connectivity index (χ4v) is 6.77. The average molecular weight is 683 g/mol. The molecule has 0 amide bonds. The van der Waals surface area contributed by atoms with Crippen LogP contribution in [0.4, 0.5) is 37.7 Å². The van der Waals surface area contributed by atoms with E-state index in [1.54, 1.807) is 9.80 Å². The molecular formula is C39H40F6N2O2. The second kappa shape index (κ2) is 13.9. The van der Waals surface area contributed by atoms with Crippen LogP contribution in [-0.4, -0.2) is 25.8 Å². The van der Waals surface area contributed by atoms with E-state index in [9.17, 15) is 0 Å². The average Bonchev–Trinajstić information content (AvgIpc) is 3.08. The summed E-state index contributed by atoms with van der Waals surface area (Å²) in [6.07, 6.45) is -5.38. The third-order valence-electron chi connectivity index (χ3n) is 9.55. The van der Waals surface area contributed by atoms with E-state index in [1.807, 2.05) is 48.5 Å². The van der Waals surface area contributed by atoms with Crippen molar-refractivity contribution in [2.45, 2.75) is 83.2 Å². The monoisotopic (exact) mass is 682 g/mol. The number of halogens is 6. The van der Waals surface area contributed by atoms with Crippen molar-refractivity contribution in [1.82, 2.24) is 0 Å². The van der Waals surface area contributed by atoms with E-state index in [-0.39, 0.29) is 49.2 Å². The van der Waals surface area contributed by atoms with Crippen LogP contribution in [0.5, 0.6) is 11.5 Å². The highest BCUT2D eigenvalue weighted by molar-refractivity contribution is 5.56. The van der Waals surface area contributed by atoms with E-state index in [4.69, 9.17) is 9.47 Å². The molecule has 4 aromatic rings. The van der Waals surface area contributed by atoms with Crippen molar-refractivity contribution < 1.29 is 35.8 Å². The van der Waals surface area contributed by atoms with Gasteiger partial charge in [-0.25, -0.2) is 0 Å². The highest BCUT2D eigenvalue weighted by Crippen LogP contribution is 2.57. The SMILES string of the molecule is CCCCc1ccc(N2COc3ccc(C(c4ccc5c(c4)CN(c4ccc(CCCC)cc4)CO5)(C(F)(F)F)C(F)(F)F)cc3C2)cc1. The number of benzene rings is 4. The van der Waals surface area contributed by atoms with Gasteiger partial charge >= 0.3 is 12.4 Å². The summed E-state index contributed by atoms with van der Waals surface area (Å²) in [7, 11) is 0. The Hall–Kier alpha value is -4.34. The van der Waals surface area contributed by atoms with Gasteiger partial charge in [0, 0.05) is 35.6 Å². The molecule has 4 nitrogen and oxygen atoms in total. The summed E-state index contributed by atoms with van der Waals surface area (Å²) in [5.74, 6) is 0.515. The molecule has 0 aromatic heterocycles. The lowest BCUT2D eigenvalue weighted by molar-refractivity contribution is -0.288. The van der Waals surface area contributed by atoms with Gasteiger partial charge in [-0.05, 0) is 96.5 Å². The predicted molar refractivity (Wildman–Crippen MR) is 179 cm³/mol. The molecule has 0 N–H and O–H groups in total. The van der Waals surface area contributed by atoms with E-state index in [1.165, 1.54) is 12.1 Å². The maximum atomic E-state index is 15.2. The summed E-state index contributed by atoms with van der Waals surface area (Å²) in [5.41, 5.74) is -1.79. The second-order valence-corrected chi connectivity index (χ2v) is 12.9. The molecule has 0 atom stereocenters. The summed E-state index contributed by atoms with van der Waals surface area (Å²) in [6.45, 7) is 4.64. The first-order valence-corrected chi connectivity index (χ1v) is 16.8. The number of unbranched alkanes of at least 4 members (excludes halogenated alkanes) is 2. The maximum absolute atomic E-state index is 15.2. The molecule has 0 saturated carbocycles. The van der Waals surface area contributed by atoms with Crippen molar-refractivity contribution in [1.29, 1.82) is 0 Å². The Morgan fingerprint density at radius 1 is 0.551 bits per heavy atom. The number of ether oxygens (including phenoxy) is 2. The van der Waals surface area contributed by atoms with Crippen LogP contribution in [0, 0.1) is 0 Å². The summed E-state index contributed by atoms with van der Waals surface area (Å²) in [6, 6.07) is 21.8. The molecule has 0 aliphatic carbocycles. The van der Waals surface area contributed by atoms with Crippen molar-refractivity contribution in [2.24, 2.45) is 0 Å². The Balaban J connectivity index is 1.34. The van der Waals surface area contributed by atoms with Crippen LogP contribution in [0.2, 0.25) is 0 Å². The lowest BCUT2D eigenvalue weighted by Gasteiger charge is -2.40. The number of anilines is 2. The van der Waals surface area contributed by atoms with Gasteiger partial charge in [-0.3, -0.25) is 0 Å². The Morgan fingerprint density at radius 2 is 0.939 bits per heavy atom. The van der Waals surface area contributed by atoms with Crippen LogP contribution in [-0.2, 0) is 31.3 Å². The van der Waals surface area contributed by atoms with Gasteiger partial charge in [0.05, 0.1) is 0 Å². The molecule has 2 heterocycles. The van der Waals surface area contributed by atoms with Crippen LogP contribution in [0.15, 0.2) is 84.9 Å². The third kappa shape index (κ3) is 6.79. The minimum atomic E-state index is -5.72. The van der Waals surface area contributed by atoms with E-state index in [2.05, 4.69) is 13.8 Å². The predicted octanol–water partition coefficient (Wildman–Crippen LogP) is 10.5. The third-order valence-corrected chi connectivity index (χ3v) is 9.55. The van der Waals surface area contributed by atoms with Crippen LogP contribution >= 0.6 is 0 Å². The first-order chi connectivity index (χ1) is 23.4. The molecule has 49 heavy (non-hydrogen) atoms. The summed E-state index contributed by atoms with van der Waals surface area (Å²) in [4.78, 5) is 3.58. The van der Waals surface area contributed by atoms with Crippen molar-refractivity contribution in [2.75, 3.05) is 23.3 Å². The van der Waals surface area contributed by atoms with Crippen LogP contribution < -0.4 is 19.3 Å². The van der Waals surface area contributed by atoms with Gasteiger partial charge in [0.25, 0.3) is 0 Å². The number of nitrogens with zero attached hydrogens (tertiary/aromatic N) is 2. The number of alkyl halides is 6. The molecule has 0 fully saturated rings. The van der Waals surface area contributed by atoms with E-state index >= 15 is 26.3 Å². The Labute approximate surface area is 283 Å². The van der Waals surface area contributed by atoms with Crippen molar-refractivity contribution >= 4 is 11.4 Å². The molecule has 4 aromatic carbocycles. The Kier molecular flexibility index (Phi) is 9.78. The van der Waals surface area contributed by atoms with Gasteiger partial charge in [0.2, 0.25) is 5.41 Å². The fourth-order valence-electron chi connectivity index (χ4n) is 6.77. The maximum Gasteiger partial charge on any atom is 0.411 e. The van der Waals surface area contributed by atoms with Crippen molar-refractivity contribution in [3.8, 4) is 11.5 Å². The van der Waals surface area contributed by atoms with E-state index in [0.29, 0.717) is 0 Å². The Bertz CT molecular complexity index is 1610. The first kappa shape index (κ1) is 34.5. The molecule has 260 valence electrons. The highest BCUT2D eigenvalue weighted by Gasteiger charge is 2.72. The topological polar surface area (TPSA) is 24.9 Å². The minimum Gasteiger partial charge on any atom is -0.473 e. The zero-order chi connectivity index (χ0) is 34.8. The normalized spacial score (nSPS) is 14.9. The lowest BCUT2D eigenvalue weighted by atomic mass is 9.72. The number of hydrogen-bond acceptors (Lipinski definition) is 4. The summed E-state index contributed by atoms with van der Waals surface area (Å²) in [5, 5.41) is 0. The fraction of sp³-hybridized carbons (Fsp3) is 0.385. The van der Waals surface area contributed by atoms with Gasteiger partial charge < -0.3 is 19.3 Å². The van der Waals surface area contributed by atoms with Crippen LogP contribution in [0.25, 0.3) is 0 Å². The number of aryl methyl sites for hydroxylation is 2. The smallest absolute Gasteiger partial charge is 0.411 e. The van der Waals surface area contributed by atoms with Crippen LogP contribution in [0.3, 0.4) is 0 Å².